The summed E-state index contributed by atoms with van der Waals surface area (Å²) in [6.45, 7) is 0.737. The predicted octanol–water partition coefficient (Wildman–Crippen LogP) is 3.11. The molecule has 3 aromatic rings. The van der Waals surface area contributed by atoms with Crippen molar-refractivity contribution in [1.29, 1.82) is 0 Å². The summed E-state index contributed by atoms with van der Waals surface area (Å²) in [6.07, 6.45) is 5.74. The van der Waals surface area contributed by atoms with Crippen LogP contribution in [0, 0.1) is 5.82 Å². The molecular weight excluding hydrogens is 387 g/mol. The van der Waals surface area contributed by atoms with Gasteiger partial charge in [-0.3, -0.25) is 4.98 Å². The number of halogens is 2. The van der Waals surface area contributed by atoms with Gasteiger partial charge in [0.1, 0.15) is 5.82 Å². The molecule has 2 aromatic heterocycles. The molecule has 0 fully saturated rings. The fourth-order valence-electron chi connectivity index (χ4n) is 3.28. The van der Waals surface area contributed by atoms with Gasteiger partial charge in [-0.2, -0.15) is 4.98 Å². The number of nitrogens with one attached hydrogen (secondary N) is 1. The summed E-state index contributed by atoms with van der Waals surface area (Å²) in [5.74, 6) is 5.49. The Bertz CT molecular complexity index is 1020. The highest BCUT2D eigenvalue weighted by molar-refractivity contribution is 9.10. The Morgan fingerprint density at radius 2 is 2.16 bits per heavy atom. The fourth-order valence-corrected chi connectivity index (χ4v) is 3.83. The van der Waals surface area contributed by atoms with Crippen LogP contribution >= 0.6 is 15.9 Å². The number of fused-ring (bicyclic) bond motifs is 2. The molecule has 4 rings (SSSR count). The molecule has 1 aliphatic heterocycles. The van der Waals surface area contributed by atoms with E-state index in [9.17, 15) is 4.39 Å². The standard InChI is InChI=1S/C17H16BrFN6/c18-11-5-3-6-14-10(11)4-1-2-7-25(14)16-15-12(19)8-21-9-13(15)22-17(23-16)24-20/h3,5-6,8-9H,1-2,4,7,20H2,(H,22,23,24). The number of rotatable bonds is 1. The molecule has 0 atom stereocenters. The molecular formula is C17H16BrFN6. The van der Waals surface area contributed by atoms with Gasteiger partial charge in [-0.05, 0) is 37.0 Å². The van der Waals surface area contributed by atoms with E-state index in [-0.39, 0.29) is 5.62 Å². The van der Waals surface area contributed by atoms with Crippen LogP contribution in [-0.2, 0) is 6.42 Å². The van der Waals surface area contributed by atoms with Gasteiger partial charge in [-0.1, -0.05) is 22.0 Å². The number of anilines is 2. The molecule has 6 nitrogen and oxygen atoms in total. The number of hydrogen-bond donors (Lipinski definition) is 2. The quantitative estimate of drug-likeness (QED) is 0.483. The van der Waals surface area contributed by atoms with Crippen molar-refractivity contribution >= 4 is 38.3 Å². The third-order valence-electron chi connectivity index (χ3n) is 4.40. The number of aromatic nitrogens is 3. The lowest BCUT2D eigenvalue weighted by atomic mass is 10.1. The molecule has 128 valence electrons. The van der Waals surface area contributed by atoms with Gasteiger partial charge in [0.25, 0.3) is 0 Å². The van der Waals surface area contributed by atoms with Crippen molar-refractivity contribution in [2.45, 2.75) is 19.3 Å². The van der Waals surface area contributed by atoms with Crippen molar-refractivity contribution in [3.63, 3.8) is 0 Å². The van der Waals surface area contributed by atoms with Crippen LogP contribution in [0.15, 0.2) is 40.2 Å². The first-order valence-corrected chi connectivity index (χ1v) is 8.80. The Hall–Kier alpha value is -2.48. The molecule has 3 N–H and O–H groups in total. The van der Waals surface area contributed by atoms with E-state index >= 15 is 0 Å². The molecule has 0 unspecified atom stereocenters. The first-order chi connectivity index (χ1) is 12.2. The predicted molar refractivity (Wildman–Crippen MR) is 97.7 cm³/mol. The van der Waals surface area contributed by atoms with Crippen molar-refractivity contribution in [1.82, 2.24) is 15.0 Å². The summed E-state index contributed by atoms with van der Waals surface area (Å²) in [5.41, 5.74) is 2.96. The average Bonchev–Trinajstić information content (AvgIpc) is 2.84. The number of benzene rings is 1. The molecule has 1 aliphatic rings. The largest absolute Gasteiger partial charge is 0.325 e. The van der Waals surface area contributed by atoms with Gasteiger partial charge in [-0.25, -0.2) is 4.39 Å². The van der Waals surface area contributed by atoms with E-state index in [4.69, 9.17) is 5.84 Å². The number of nitrogens with zero attached hydrogens (tertiary/aromatic N) is 4. The Kier molecular flexibility index (Phi) is 4.12. The molecule has 3 heterocycles. The average molecular weight is 403 g/mol. The van der Waals surface area contributed by atoms with Crippen LogP contribution in [0.4, 0.5) is 15.9 Å². The van der Waals surface area contributed by atoms with E-state index in [2.05, 4.69) is 36.0 Å². The Morgan fingerprint density at radius 1 is 1.28 bits per heavy atom. The third-order valence-corrected chi connectivity index (χ3v) is 5.15. The molecule has 0 spiro atoms. The number of aromatic amines is 1. The van der Waals surface area contributed by atoms with Crippen molar-refractivity contribution in [2.75, 3.05) is 11.4 Å². The normalized spacial score (nSPS) is 15.3. The lowest BCUT2D eigenvalue weighted by Crippen LogP contribution is -2.25. The van der Waals surface area contributed by atoms with Gasteiger partial charge in [0, 0.05) is 16.7 Å². The highest BCUT2D eigenvalue weighted by Crippen LogP contribution is 2.37. The van der Waals surface area contributed by atoms with Crippen LogP contribution in [-0.4, -0.2) is 21.5 Å². The van der Waals surface area contributed by atoms with Crippen LogP contribution in [0.2, 0.25) is 0 Å². The molecule has 0 saturated carbocycles. The summed E-state index contributed by atoms with van der Waals surface area (Å²) in [7, 11) is 0. The molecule has 8 heteroatoms. The summed E-state index contributed by atoms with van der Waals surface area (Å²) in [5, 5.41) is 4.03. The monoisotopic (exact) mass is 402 g/mol. The summed E-state index contributed by atoms with van der Waals surface area (Å²) in [6, 6.07) is 6.04. The Balaban J connectivity index is 2.04. The van der Waals surface area contributed by atoms with Crippen LogP contribution in [0.25, 0.3) is 10.9 Å². The van der Waals surface area contributed by atoms with Gasteiger partial charge in [0.2, 0.25) is 5.62 Å². The molecule has 0 saturated heterocycles. The van der Waals surface area contributed by atoms with Crippen molar-refractivity contribution in [3.8, 4) is 0 Å². The van der Waals surface area contributed by atoms with Gasteiger partial charge >= 0.3 is 0 Å². The molecule has 0 aliphatic carbocycles. The van der Waals surface area contributed by atoms with Gasteiger partial charge in [0.05, 0.1) is 23.3 Å². The maximum atomic E-state index is 14.6. The van der Waals surface area contributed by atoms with Crippen molar-refractivity contribution in [3.05, 3.63) is 52.1 Å². The number of H-pyrrole nitrogens is 1. The van der Waals surface area contributed by atoms with Crippen LogP contribution in [0.1, 0.15) is 18.4 Å². The van der Waals surface area contributed by atoms with Crippen molar-refractivity contribution < 1.29 is 4.39 Å². The number of hydrogen-bond acceptors (Lipinski definition) is 5. The SMILES string of the molecule is N/N=c1/nc(N2CCCCc3c(Br)cccc32)c2c(F)cncc2[nH]1. The lowest BCUT2D eigenvalue weighted by molar-refractivity contribution is 0.632. The second kappa shape index (κ2) is 6.44. The third kappa shape index (κ3) is 2.76. The number of nitrogens with two attached hydrogens (primary N) is 1. The molecule has 0 amide bonds. The molecule has 0 bridgehead atoms. The summed E-state index contributed by atoms with van der Waals surface area (Å²) >= 11 is 3.63. The van der Waals surface area contributed by atoms with E-state index in [0.717, 1.165) is 36.0 Å². The topological polar surface area (TPSA) is 83.2 Å². The van der Waals surface area contributed by atoms with E-state index in [1.54, 1.807) is 6.20 Å². The second-order valence-corrected chi connectivity index (χ2v) is 6.76. The lowest BCUT2D eigenvalue weighted by Gasteiger charge is -2.25. The van der Waals surface area contributed by atoms with Crippen LogP contribution < -0.4 is 16.4 Å². The van der Waals surface area contributed by atoms with Crippen LogP contribution in [0.5, 0.6) is 0 Å². The van der Waals surface area contributed by atoms with Crippen molar-refractivity contribution in [2.24, 2.45) is 10.9 Å². The zero-order valence-corrected chi connectivity index (χ0v) is 14.9. The second-order valence-electron chi connectivity index (χ2n) is 5.90. The molecule has 1 aromatic carbocycles. The van der Waals surface area contributed by atoms with Gasteiger partial charge in [0.15, 0.2) is 5.82 Å². The van der Waals surface area contributed by atoms with Gasteiger partial charge < -0.3 is 15.7 Å². The summed E-state index contributed by atoms with van der Waals surface area (Å²) < 4.78 is 15.6. The highest BCUT2D eigenvalue weighted by Gasteiger charge is 2.23. The van der Waals surface area contributed by atoms with Crippen LogP contribution in [0.3, 0.4) is 0 Å². The van der Waals surface area contributed by atoms with Gasteiger partial charge in [-0.15, -0.1) is 5.10 Å². The maximum absolute atomic E-state index is 14.6. The smallest absolute Gasteiger partial charge is 0.246 e. The number of pyridine rings is 1. The minimum absolute atomic E-state index is 0.232. The zero-order chi connectivity index (χ0) is 17.4. The first-order valence-electron chi connectivity index (χ1n) is 8.01. The van der Waals surface area contributed by atoms with E-state index in [0.29, 0.717) is 16.7 Å². The van der Waals surface area contributed by atoms with E-state index in [1.165, 1.54) is 11.8 Å². The molecule has 0 radical (unpaired) electrons. The Morgan fingerprint density at radius 3 is 3.00 bits per heavy atom. The molecule has 25 heavy (non-hydrogen) atoms. The van der Waals surface area contributed by atoms with E-state index in [1.807, 2.05) is 23.1 Å². The summed E-state index contributed by atoms with van der Waals surface area (Å²) in [4.78, 5) is 13.3. The minimum Gasteiger partial charge on any atom is -0.325 e. The van der Waals surface area contributed by atoms with E-state index < -0.39 is 5.82 Å². The maximum Gasteiger partial charge on any atom is 0.246 e. The highest BCUT2D eigenvalue weighted by atomic mass is 79.9. The fraction of sp³-hybridized carbons (Fsp3) is 0.235. The first kappa shape index (κ1) is 16.0. The zero-order valence-electron chi connectivity index (χ0n) is 13.3. The minimum atomic E-state index is -0.430. The Labute approximate surface area is 151 Å².